The molecule has 0 atom stereocenters. The maximum atomic E-state index is 11.4. The van der Waals surface area contributed by atoms with E-state index in [2.05, 4.69) is 0 Å². The minimum Gasteiger partial charge on any atom is -0.380 e. The van der Waals surface area contributed by atoms with E-state index >= 15 is 0 Å². The Morgan fingerprint density at radius 1 is 1.15 bits per heavy atom. The van der Waals surface area contributed by atoms with E-state index in [0.29, 0.717) is 24.8 Å². The smallest absolute Gasteiger partial charge is 0.168 e. The van der Waals surface area contributed by atoms with Crippen LogP contribution in [0.25, 0.3) is 0 Å². The number of carbonyl (C=O) groups is 2. The monoisotopic (exact) mass is 181 g/mol. The van der Waals surface area contributed by atoms with Crippen molar-refractivity contribution in [2.24, 2.45) is 0 Å². The predicted molar refractivity (Wildman–Crippen MR) is 50.3 cm³/mol. The van der Waals surface area contributed by atoms with Crippen LogP contribution >= 0.6 is 0 Å². The van der Waals surface area contributed by atoms with Crippen LogP contribution in [-0.2, 0) is 9.59 Å². The molecule has 0 radical (unpaired) electrons. The fraction of sp³-hybridized carbons (Fsp3) is 0.600. The van der Waals surface area contributed by atoms with Gasteiger partial charge in [-0.05, 0) is 13.3 Å². The third-order valence-corrected chi connectivity index (χ3v) is 2.40. The first-order valence-electron chi connectivity index (χ1n) is 4.48. The van der Waals surface area contributed by atoms with Crippen molar-refractivity contribution in [3.05, 3.63) is 11.3 Å². The Morgan fingerprint density at radius 2 is 1.62 bits per heavy atom. The number of Topliss-reactive ketones (excluding diaryl/α,β-unsaturated/α-hetero) is 2. The first-order chi connectivity index (χ1) is 6.04. The quantitative estimate of drug-likeness (QED) is 0.449. The molecule has 1 aliphatic rings. The van der Waals surface area contributed by atoms with Crippen molar-refractivity contribution in [1.29, 1.82) is 0 Å². The third kappa shape index (κ3) is 1.97. The maximum Gasteiger partial charge on any atom is 0.168 e. The molecule has 72 valence electrons. The van der Waals surface area contributed by atoms with Gasteiger partial charge < -0.3 is 4.90 Å². The second-order valence-electron chi connectivity index (χ2n) is 3.55. The molecule has 3 heteroatoms. The molecule has 0 amide bonds. The summed E-state index contributed by atoms with van der Waals surface area (Å²) in [6.07, 6.45) is 1.75. The Labute approximate surface area is 78.4 Å². The van der Waals surface area contributed by atoms with Crippen molar-refractivity contribution in [3.63, 3.8) is 0 Å². The molecule has 1 saturated carbocycles. The van der Waals surface area contributed by atoms with Gasteiger partial charge in [-0.3, -0.25) is 9.59 Å². The average molecular weight is 181 g/mol. The van der Waals surface area contributed by atoms with Crippen molar-refractivity contribution < 1.29 is 9.59 Å². The molecule has 0 heterocycles. The number of carbonyl (C=O) groups excluding carboxylic acids is 2. The van der Waals surface area contributed by atoms with Gasteiger partial charge in [0.2, 0.25) is 0 Å². The van der Waals surface area contributed by atoms with Gasteiger partial charge in [-0.15, -0.1) is 0 Å². The molecule has 0 saturated heterocycles. The van der Waals surface area contributed by atoms with Crippen molar-refractivity contribution in [2.75, 3.05) is 14.1 Å². The SMILES string of the molecule is CC(=C1C(=O)CCCC1=O)N(C)C. The maximum absolute atomic E-state index is 11.4. The Hall–Kier alpha value is -1.12. The lowest BCUT2D eigenvalue weighted by Crippen LogP contribution is -2.24. The highest BCUT2D eigenvalue weighted by atomic mass is 16.1. The molecule has 0 aromatic heterocycles. The van der Waals surface area contributed by atoms with E-state index in [9.17, 15) is 9.59 Å². The summed E-state index contributed by atoms with van der Waals surface area (Å²) in [4.78, 5) is 24.7. The Balaban J connectivity index is 3.04. The molecule has 0 bridgehead atoms. The second kappa shape index (κ2) is 3.73. The fourth-order valence-electron chi connectivity index (χ4n) is 1.44. The molecule has 0 spiro atoms. The van der Waals surface area contributed by atoms with Crippen molar-refractivity contribution >= 4 is 11.6 Å². The van der Waals surface area contributed by atoms with Crippen LogP contribution in [0.1, 0.15) is 26.2 Å². The van der Waals surface area contributed by atoms with Crippen LogP contribution in [0, 0.1) is 0 Å². The van der Waals surface area contributed by atoms with Gasteiger partial charge in [0.1, 0.15) is 0 Å². The summed E-state index contributed by atoms with van der Waals surface area (Å²) in [7, 11) is 3.69. The Kier molecular flexibility index (Phi) is 2.86. The molecule has 1 aliphatic carbocycles. The molecule has 0 unspecified atom stereocenters. The van der Waals surface area contributed by atoms with Crippen LogP contribution < -0.4 is 0 Å². The zero-order valence-corrected chi connectivity index (χ0v) is 8.39. The molecule has 3 nitrogen and oxygen atoms in total. The fourth-order valence-corrected chi connectivity index (χ4v) is 1.44. The lowest BCUT2D eigenvalue weighted by molar-refractivity contribution is -0.124. The standard InChI is InChI=1S/C10H15NO2/c1-7(11(2)3)10-8(12)5-4-6-9(10)13/h4-6H2,1-3H3. The van der Waals surface area contributed by atoms with Crippen LogP contribution in [0.5, 0.6) is 0 Å². The van der Waals surface area contributed by atoms with Crippen LogP contribution in [0.15, 0.2) is 11.3 Å². The zero-order valence-electron chi connectivity index (χ0n) is 8.39. The van der Waals surface area contributed by atoms with Gasteiger partial charge in [-0.2, -0.15) is 0 Å². The van der Waals surface area contributed by atoms with E-state index in [1.165, 1.54) is 0 Å². The average Bonchev–Trinajstić information content (AvgIpc) is 2.03. The molecule has 0 aromatic rings. The van der Waals surface area contributed by atoms with Crippen molar-refractivity contribution in [3.8, 4) is 0 Å². The minimum atomic E-state index is 0.00227. The topological polar surface area (TPSA) is 37.4 Å². The summed E-state index contributed by atoms with van der Waals surface area (Å²) in [6.45, 7) is 1.82. The van der Waals surface area contributed by atoms with Gasteiger partial charge >= 0.3 is 0 Å². The molecular weight excluding hydrogens is 166 g/mol. The number of hydrogen-bond donors (Lipinski definition) is 0. The molecule has 1 rings (SSSR count). The Bertz CT molecular complexity index is 259. The van der Waals surface area contributed by atoms with Gasteiger partial charge in [-0.25, -0.2) is 0 Å². The van der Waals surface area contributed by atoms with E-state index in [-0.39, 0.29) is 11.6 Å². The summed E-state index contributed by atoms with van der Waals surface area (Å²) < 4.78 is 0. The normalized spacial score (nSPS) is 17.6. The van der Waals surface area contributed by atoms with Gasteiger partial charge in [0.25, 0.3) is 0 Å². The molecule has 0 aliphatic heterocycles. The lowest BCUT2D eigenvalue weighted by Gasteiger charge is -2.19. The van der Waals surface area contributed by atoms with Gasteiger partial charge in [0.15, 0.2) is 11.6 Å². The summed E-state index contributed by atoms with van der Waals surface area (Å²) in [5.41, 5.74) is 1.20. The third-order valence-electron chi connectivity index (χ3n) is 2.40. The van der Waals surface area contributed by atoms with Crippen LogP contribution in [0.3, 0.4) is 0 Å². The number of nitrogens with zero attached hydrogens (tertiary/aromatic N) is 1. The predicted octanol–water partition coefficient (Wildman–Crippen LogP) is 1.14. The first kappa shape index (κ1) is 9.96. The number of allylic oxidation sites excluding steroid dienone is 2. The number of ketones is 2. The van der Waals surface area contributed by atoms with E-state index in [1.807, 2.05) is 25.9 Å². The van der Waals surface area contributed by atoms with Crippen LogP contribution in [-0.4, -0.2) is 30.6 Å². The summed E-state index contributed by atoms with van der Waals surface area (Å²) >= 11 is 0. The molecule has 1 fully saturated rings. The zero-order chi connectivity index (χ0) is 10.0. The van der Waals surface area contributed by atoms with E-state index in [0.717, 1.165) is 5.70 Å². The second-order valence-corrected chi connectivity index (χ2v) is 3.55. The molecule has 13 heavy (non-hydrogen) atoms. The van der Waals surface area contributed by atoms with Crippen molar-refractivity contribution in [1.82, 2.24) is 4.90 Å². The van der Waals surface area contributed by atoms with Gasteiger partial charge in [-0.1, -0.05) is 0 Å². The highest BCUT2D eigenvalue weighted by molar-refractivity contribution is 6.22. The van der Waals surface area contributed by atoms with Crippen LogP contribution in [0.2, 0.25) is 0 Å². The molecular formula is C10H15NO2. The highest BCUT2D eigenvalue weighted by Crippen LogP contribution is 2.20. The first-order valence-corrected chi connectivity index (χ1v) is 4.48. The Morgan fingerprint density at radius 3 is 2.00 bits per heavy atom. The summed E-state index contributed by atoms with van der Waals surface area (Å²) in [5, 5.41) is 0. The van der Waals surface area contributed by atoms with E-state index in [1.54, 1.807) is 0 Å². The lowest BCUT2D eigenvalue weighted by atomic mass is 9.91. The van der Waals surface area contributed by atoms with E-state index < -0.39 is 0 Å². The number of rotatable bonds is 1. The minimum absolute atomic E-state index is 0.00227. The summed E-state index contributed by atoms with van der Waals surface area (Å²) in [6, 6.07) is 0. The largest absolute Gasteiger partial charge is 0.380 e. The van der Waals surface area contributed by atoms with Gasteiger partial charge in [0, 0.05) is 32.6 Å². The molecule has 0 N–H and O–H groups in total. The van der Waals surface area contributed by atoms with Crippen LogP contribution in [0.4, 0.5) is 0 Å². The van der Waals surface area contributed by atoms with Crippen molar-refractivity contribution in [2.45, 2.75) is 26.2 Å². The number of hydrogen-bond acceptors (Lipinski definition) is 3. The van der Waals surface area contributed by atoms with Gasteiger partial charge in [0.05, 0.1) is 5.57 Å². The molecule has 0 aromatic carbocycles. The summed E-state index contributed by atoms with van der Waals surface area (Å²) in [5.74, 6) is 0.00454. The van der Waals surface area contributed by atoms with E-state index in [4.69, 9.17) is 0 Å². The highest BCUT2D eigenvalue weighted by Gasteiger charge is 2.25.